The highest BCUT2D eigenvalue weighted by atomic mass is 16.5. The van der Waals surface area contributed by atoms with Crippen LogP contribution in [0.15, 0.2) is 0 Å². The summed E-state index contributed by atoms with van der Waals surface area (Å²) in [5.41, 5.74) is 5.04. The van der Waals surface area contributed by atoms with Gasteiger partial charge in [-0.1, -0.05) is 26.2 Å². The molecule has 3 nitrogen and oxygen atoms in total. The monoisotopic (exact) mass is 199 g/mol. The molecule has 1 aliphatic rings. The molecule has 1 aliphatic carbocycles. The molecule has 2 unspecified atom stereocenters. The number of carbonyl (C=O) groups excluding carboxylic acids is 1. The van der Waals surface area contributed by atoms with Crippen molar-refractivity contribution >= 4 is 5.91 Å². The summed E-state index contributed by atoms with van der Waals surface area (Å²) < 4.78 is 5.62. The molecule has 1 fully saturated rings. The van der Waals surface area contributed by atoms with Crippen LogP contribution in [0.25, 0.3) is 0 Å². The molecular formula is C11H21NO2. The Hall–Kier alpha value is -0.570. The van der Waals surface area contributed by atoms with Gasteiger partial charge in [-0.2, -0.15) is 0 Å². The molecule has 0 heterocycles. The Morgan fingerprint density at radius 1 is 1.50 bits per heavy atom. The van der Waals surface area contributed by atoms with Crippen LogP contribution in [0.2, 0.25) is 0 Å². The van der Waals surface area contributed by atoms with Gasteiger partial charge in [-0.3, -0.25) is 4.79 Å². The van der Waals surface area contributed by atoms with E-state index in [1.165, 1.54) is 19.3 Å². The fourth-order valence-electron chi connectivity index (χ4n) is 2.09. The minimum absolute atomic E-state index is 0.271. The molecule has 2 N–H and O–H groups in total. The Kier molecular flexibility index (Phi) is 4.94. The molecule has 0 saturated heterocycles. The second-order valence-electron chi connectivity index (χ2n) is 4.15. The summed E-state index contributed by atoms with van der Waals surface area (Å²) in [5.74, 6) is 0.551. The van der Waals surface area contributed by atoms with Crippen molar-refractivity contribution in [3.8, 4) is 0 Å². The van der Waals surface area contributed by atoms with Crippen molar-refractivity contribution in [1.82, 2.24) is 0 Å². The Morgan fingerprint density at radius 3 is 2.93 bits per heavy atom. The number of rotatable bonds is 5. The Bertz CT molecular complexity index is 182. The summed E-state index contributed by atoms with van der Waals surface area (Å²) in [6.07, 6.45) is 6.88. The zero-order valence-corrected chi connectivity index (χ0v) is 9.00. The van der Waals surface area contributed by atoms with Crippen LogP contribution in [0.1, 0.15) is 45.4 Å². The Balaban J connectivity index is 2.14. The molecular weight excluding hydrogens is 178 g/mol. The average Bonchev–Trinajstić information content (AvgIpc) is 2.18. The van der Waals surface area contributed by atoms with Crippen molar-refractivity contribution in [2.24, 2.45) is 11.7 Å². The van der Waals surface area contributed by atoms with Gasteiger partial charge in [0.2, 0.25) is 5.91 Å². The second-order valence-corrected chi connectivity index (χ2v) is 4.15. The maximum absolute atomic E-state index is 10.5. The molecule has 0 radical (unpaired) electrons. The van der Waals surface area contributed by atoms with Crippen LogP contribution < -0.4 is 5.73 Å². The summed E-state index contributed by atoms with van der Waals surface area (Å²) in [6, 6.07) is 0. The molecule has 1 rings (SSSR count). The summed E-state index contributed by atoms with van der Waals surface area (Å²) in [7, 11) is 0. The molecule has 0 aliphatic heterocycles. The third kappa shape index (κ3) is 4.09. The molecule has 0 spiro atoms. The van der Waals surface area contributed by atoms with Crippen LogP contribution in [0, 0.1) is 5.92 Å². The summed E-state index contributed by atoms with van der Waals surface area (Å²) in [5, 5.41) is 0. The largest absolute Gasteiger partial charge is 0.378 e. The van der Waals surface area contributed by atoms with Gasteiger partial charge in [0.05, 0.1) is 12.7 Å². The lowest BCUT2D eigenvalue weighted by Crippen LogP contribution is -2.24. The molecule has 3 heteroatoms. The Morgan fingerprint density at radius 2 is 2.29 bits per heavy atom. The minimum Gasteiger partial charge on any atom is -0.378 e. The van der Waals surface area contributed by atoms with Gasteiger partial charge in [-0.15, -0.1) is 0 Å². The van der Waals surface area contributed by atoms with E-state index in [-0.39, 0.29) is 5.91 Å². The van der Waals surface area contributed by atoms with Crippen LogP contribution in [0.5, 0.6) is 0 Å². The predicted octanol–water partition coefficient (Wildman–Crippen LogP) is 1.85. The number of primary amides is 1. The molecule has 0 aromatic carbocycles. The highest BCUT2D eigenvalue weighted by Crippen LogP contribution is 2.28. The molecule has 1 amide bonds. The van der Waals surface area contributed by atoms with Gasteiger partial charge < -0.3 is 10.5 Å². The quantitative estimate of drug-likeness (QED) is 0.734. The summed E-state index contributed by atoms with van der Waals surface area (Å²) in [6.45, 7) is 2.73. The first-order chi connectivity index (χ1) is 6.72. The van der Waals surface area contributed by atoms with Crippen molar-refractivity contribution in [2.75, 3.05) is 6.61 Å². The molecule has 82 valence electrons. The normalized spacial score (nSPS) is 27.5. The third-order valence-electron chi connectivity index (χ3n) is 3.01. The van der Waals surface area contributed by atoms with E-state index in [0.29, 0.717) is 19.1 Å². The number of carbonyl (C=O) groups is 1. The number of amides is 1. The second kappa shape index (κ2) is 6.02. The topological polar surface area (TPSA) is 52.3 Å². The molecule has 0 aromatic heterocycles. The number of hydrogen-bond donors (Lipinski definition) is 1. The lowest BCUT2D eigenvalue weighted by atomic mass is 9.85. The molecule has 1 saturated carbocycles. The first kappa shape index (κ1) is 11.5. The van der Waals surface area contributed by atoms with Gasteiger partial charge in [0.1, 0.15) is 0 Å². The van der Waals surface area contributed by atoms with Gasteiger partial charge in [-0.25, -0.2) is 0 Å². The van der Waals surface area contributed by atoms with Gasteiger partial charge >= 0.3 is 0 Å². The van der Waals surface area contributed by atoms with E-state index < -0.39 is 0 Å². The lowest BCUT2D eigenvalue weighted by molar-refractivity contribution is -0.119. The van der Waals surface area contributed by atoms with Gasteiger partial charge in [0, 0.05) is 6.42 Å². The zero-order chi connectivity index (χ0) is 10.4. The minimum atomic E-state index is -0.271. The zero-order valence-electron chi connectivity index (χ0n) is 9.00. The first-order valence-electron chi connectivity index (χ1n) is 5.62. The van der Waals surface area contributed by atoms with E-state index in [9.17, 15) is 4.79 Å². The fourth-order valence-corrected chi connectivity index (χ4v) is 2.09. The molecule has 2 atom stereocenters. The van der Waals surface area contributed by atoms with E-state index >= 15 is 0 Å². The number of ether oxygens (including phenoxy) is 1. The summed E-state index contributed by atoms with van der Waals surface area (Å²) >= 11 is 0. The standard InChI is InChI=1S/C11H21NO2/c1-2-9-4-3-5-10(8-9)14-7-6-11(12)13/h9-10H,2-8H2,1H3,(H2,12,13). The fraction of sp³-hybridized carbons (Fsp3) is 0.909. The van der Waals surface area contributed by atoms with Crippen LogP contribution in [0.3, 0.4) is 0 Å². The number of hydrogen-bond acceptors (Lipinski definition) is 2. The molecule has 0 aromatic rings. The first-order valence-corrected chi connectivity index (χ1v) is 5.62. The summed E-state index contributed by atoms with van der Waals surface area (Å²) in [4.78, 5) is 10.5. The van der Waals surface area contributed by atoms with Crippen molar-refractivity contribution in [1.29, 1.82) is 0 Å². The van der Waals surface area contributed by atoms with Crippen LogP contribution in [-0.4, -0.2) is 18.6 Å². The molecule has 0 bridgehead atoms. The highest BCUT2D eigenvalue weighted by Gasteiger charge is 2.20. The SMILES string of the molecule is CCC1CCCC(OCCC(N)=O)C1. The molecule has 14 heavy (non-hydrogen) atoms. The predicted molar refractivity (Wildman–Crippen MR) is 55.8 cm³/mol. The van der Waals surface area contributed by atoms with E-state index in [1.807, 2.05) is 0 Å². The maximum atomic E-state index is 10.5. The van der Waals surface area contributed by atoms with Crippen LogP contribution >= 0.6 is 0 Å². The van der Waals surface area contributed by atoms with Crippen LogP contribution in [-0.2, 0) is 9.53 Å². The number of nitrogens with two attached hydrogens (primary N) is 1. The van der Waals surface area contributed by atoms with E-state index in [2.05, 4.69) is 6.92 Å². The maximum Gasteiger partial charge on any atom is 0.219 e. The Labute approximate surface area is 86.0 Å². The van der Waals surface area contributed by atoms with Crippen molar-refractivity contribution in [3.63, 3.8) is 0 Å². The van der Waals surface area contributed by atoms with Crippen molar-refractivity contribution in [2.45, 2.75) is 51.6 Å². The average molecular weight is 199 g/mol. The van der Waals surface area contributed by atoms with E-state index in [1.54, 1.807) is 0 Å². The van der Waals surface area contributed by atoms with E-state index in [0.717, 1.165) is 18.8 Å². The van der Waals surface area contributed by atoms with Gasteiger partial charge in [0.25, 0.3) is 0 Å². The van der Waals surface area contributed by atoms with Crippen LogP contribution in [0.4, 0.5) is 0 Å². The van der Waals surface area contributed by atoms with E-state index in [4.69, 9.17) is 10.5 Å². The highest BCUT2D eigenvalue weighted by molar-refractivity contribution is 5.73. The third-order valence-corrected chi connectivity index (χ3v) is 3.01. The van der Waals surface area contributed by atoms with Crippen molar-refractivity contribution in [3.05, 3.63) is 0 Å². The van der Waals surface area contributed by atoms with Crippen molar-refractivity contribution < 1.29 is 9.53 Å². The smallest absolute Gasteiger partial charge is 0.219 e. The van der Waals surface area contributed by atoms with Gasteiger partial charge in [0.15, 0.2) is 0 Å². The lowest BCUT2D eigenvalue weighted by Gasteiger charge is -2.28. The van der Waals surface area contributed by atoms with Gasteiger partial charge in [-0.05, 0) is 18.8 Å².